The number of aryl methyl sites for hydroxylation is 1. The highest BCUT2D eigenvalue weighted by molar-refractivity contribution is 5.91. The van der Waals surface area contributed by atoms with Gasteiger partial charge in [0.15, 0.2) is 0 Å². The van der Waals surface area contributed by atoms with E-state index in [1.54, 1.807) is 13.0 Å². The largest absolute Gasteiger partial charge is 0.351 e. The lowest BCUT2D eigenvalue weighted by Crippen LogP contribution is -2.31. The van der Waals surface area contributed by atoms with E-state index >= 15 is 0 Å². The van der Waals surface area contributed by atoms with Gasteiger partial charge in [0.1, 0.15) is 0 Å². The van der Waals surface area contributed by atoms with Crippen LogP contribution in [0.3, 0.4) is 0 Å². The topological polar surface area (TPSA) is 55.1 Å². The molecule has 76 valence electrons. The van der Waals surface area contributed by atoms with Crippen molar-refractivity contribution in [2.75, 3.05) is 6.54 Å². The molecule has 1 saturated carbocycles. The third kappa shape index (κ3) is 1.95. The summed E-state index contributed by atoms with van der Waals surface area (Å²) >= 11 is 0. The first-order valence-electron chi connectivity index (χ1n) is 4.97. The molecule has 1 aromatic heterocycles. The molecular formula is C10H14N2O2. The number of carbonyl (C=O) groups is 1. The number of nitrogens with zero attached hydrogens (tertiary/aromatic N) is 1. The summed E-state index contributed by atoms with van der Waals surface area (Å²) in [6.07, 6.45) is 3.76. The minimum Gasteiger partial charge on any atom is -0.351 e. The minimum absolute atomic E-state index is 0.155. The molecule has 0 aromatic carbocycles. The fraction of sp³-hybridized carbons (Fsp3) is 0.600. The van der Waals surface area contributed by atoms with Gasteiger partial charge in [0, 0.05) is 12.6 Å². The van der Waals surface area contributed by atoms with Gasteiger partial charge in [-0.1, -0.05) is 11.6 Å². The number of nitrogens with one attached hydrogen (secondary N) is 1. The lowest BCUT2D eigenvalue weighted by Gasteiger charge is -2.24. The molecule has 0 radical (unpaired) electrons. The Morgan fingerprint density at radius 2 is 2.50 bits per heavy atom. The Morgan fingerprint density at radius 3 is 3.00 bits per heavy atom. The molecule has 0 bridgehead atoms. The van der Waals surface area contributed by atoms with Crippen LogP contribution in [-0.2, 0) is 0 Å². The van der Waals surface area contributed by atoms with E-state index in [-0.39, 0.29) is 5.91 Å². The smallest absolute Gasteiger partial charge is 0.289 e. The van der Waals surface area contributed by atoms with Crippen LogP contribution in [0.25, 0.3) is 0 Å². The van der Waals surface area contributed by atoms with E-state index < -0.39 is 0 Å². The van der Waals surface area contributed by atoms with E-state index in [2.05, 4.69) is 10.5 Å². The number of hydrogen-bond donors (Lipinski definition) is 1. The molecule has 1 aromatic rings. The fourth-order valence-corrected chi connectivity index (χ4v) is 1.49. The van der Waals surface area contributed by atoms with Gasteiger partial charge in [-0.2, -0.15) is 0 Å². The summed E-state index contributed by atoms with van der Waals surface area (Å²) in [5.74, 6) is 0.822. The molecule has 14 heavy (non-hydrogen) atoms. The third-order valence-corrected chi connectivity index (χ3v) is 2.63. The molecule has 0 saturated heterocycles. The normalized spacial score (nSPS) is 16.4. The second kappa shape index (κ2) is 3.82. The SMILES string of the molecule is Cc1cc(C(=O)NCC2CCC2)on1. The molecule has 0 atom stereocenters. The van der Waals surface area contributed by atoms with Crippen molar-refractivity contribution in [3.05, 3.63) is 17.5 Å². The highest BCUT2D eigenvalue weighted by atomic mass is 16.5. The van der Waals surface area contributed by atoms with Crippen LogP contribution >= 0.6 is 0 Å². The zero-order valence-electron chi connectivity index (χ0n) is 8.25. The highest BCUT2D eigenvalue weighted by Crippen LogP contribution is 2.25. The van der Waals surface area contributed by atoms with Crippen molar-refractivity contribution in [1.82, 2.24) is 10.5 Å². The lowest BCUT2D eigenvalue weighted by molar-refractivity contribution is 0.0902. The van der Waals surface area contributed by atoms with Crippen molar-refractivity contribution < 1.29 is 9.32 Å². The summed E-state index contributed by atoms with van der Waals surface area (Å²) in [6.45, 7) is 2.56. The van der Waals surface area contributed by atoms with E-state index in [1.165, 1.54) is 19.3 Å². The molecule has 4 heteroatoms. The third-order valence-electron chi connectivity index (χ3n) is 2.63. The van der Waals surface area contributed by atoms with Crippen LogP contribution in [0, 0.1) is 12.8 Å². The van der Waals surface area contributed by atoms with Gasteiger partial charge in [-0.25, -0.2) is 0 Å². The van der Waals surface area contributed by atoms with Gasteiger partial charge in [-0.3, -0.25) is 4.79 Å². The molecule has 1 aliphatic rings. The van der Waals surface area contributed by atoms with Crippen molar-refractivity contribution >= 4 is 5.91 Å². The summed E-state index contributed by atoms with van der Waals surface area (Å²) in [6, 6.07) is 1.65. The maximum atomic E-state index is 11.5. The molecule has 4 nitrogen and oxygen atoms in total. The quantitative estimate of drug-likeness (QED) is 0.793. The molecule has 0 aliphatic heterocycles. The molecule has 0 spiro atoms. The monoisotopic (exact) mass is 194 g/mol. The number of amides is 1. The fourth-order valence-electron chi connectivity index (χ4n) is 1.49. The molecular weight excluding hydrogens is 180 g/mol. The average Bonchev–Trinajstić information content (AvgIpc) is 2.49. The number of hydrogen-bond acceptors (Lipinski definition) is 3. The van der Waals surface area contributed by atoms with Gasteiger partial charge in [-0.15, -0.1) is 0 Å². The molecule has 0 unspecified atom stereocenters. The van der Waals surface area contributed by atoms with Gasteiger partial charge >= 0.3 is 0 Å². The van der Waals surface area contributed by atoms with Gasteiger partial charge in [0.2, 0.25) is 5.76 Å². The van der Waals surface area contributed by atoms with E-state index in [0.29, 0.717) is 11.7 Å². The maximum absolute atomic E-state index is 11.5. The molecule has 1 fully saturated rings. The number of aromatic nitrogens is 1. The van der Waals surface area contributed by atoms with Crippen molar-refractivity contribution in [3.63, 3.8) is 0 Å². The van der Waals surface area contributed by atoms with Crippen LogP contribution in [0.15, 0.2) is 10.6 Å². The molecule has 1 N–H and O–H groups in total. The van der Waals surface area contributed by atoms with Crippen LogP contribution < -0.4 is 5.32 Å². The zero-order valence-corrected chi connectivity index (χ0v) is 8.25. The van der Waals surface area contributed by atoms with Gasteiger partial charge < -0.3 is 9.84 Å². The van der Waals surface area contributed by atoms with Gasteiger partial charge in [0.05, 0.1) is 5.69 Å². The minimum atomic E-state index is -0.155. The van der Waals surface area contributed by atoms with E-state index in [4.69, 9.17) is 4.52 Å². The van der Waals surface area contributed by atoms with Crippen LogP contribution in [-0.4, -0.2) is 17.6 Å². The second-order valence-corrected chi connectivity index (χ2v) is 3.84. The van der Waals surface area contributed by atoms with E-state index in [0.717, 1.165) is 12.2 Å². The van der Waals surface area contributed by atoms with Crippen LogP contribution in [0.1, 0.15) is 35.5 Å². The molecule has 2 rings (SSSR count). The van der Waals surface area contributed by atoms with Gasteiger partial charge in [0.25, 0.3) is 5.91 Å². The second-order valence-electron chi connectivity index (χ2n) is 3.84. The summed E-state index contributed by atoms with van der Waals surface area (Å²) in [5.41, 5.74) is 0.735. The first-order valence-corrected chi connectivity index (χ1v) is 4.97. The number of rotatable bonds is 3. The zero-order chi connectivity index (χ0) is 9.97. The van der Waals surface area contributed by atoms with Crippen LogP contribution in [0.5, 0.6) is 0 Å². The Kier molecular flexibility index (Phi) is 2.52. The predicted octanol–water partition coefficient (Wildman–Crippen LogP) is 1.51. The summed E-state index contributed by atoms with van der Waals surface area (Å²) in [5, 5.41) is 6.50. The molecule has 1 amide bonds. The predicted molar refractivity (Wildman–Crippen MR) is 50.9 cm³/mol. The Labute approximate surface area is 82.7 Å². The summed E-state index contributed by atoms with van der Waals surface area (Å²) in [4.78, 5) is 11.5. The highest BCUT2D eigenvalue weighted by Gasteiger charge is 2.19. The Balaban J connectivity index is 1.82. The summed E-state index contributed by atoms with van der Waals surface area (Å²) < 4.78 is 4.85. The lowest BCUT2D eigenvalue weighted by atomic mass is 9.85. The van der Waals surface area contributed by atoms with E-state index in [9.17, 15) is 4.79 Å². The Morgan fingerprint density at radius 1 is 1.71 bits per heavy atom. The van der Waals surface area contributed by atoms with Crippen molar-refractivity contribution in [2.45, 2.75) is 26.2 Å². The Bertz CT molecular complexity index is 329. The van der Waals surface area contributed by atoms with Crippen molar-refractivity contribution in [1.29, 1.82) is 0 Å². The first-order chi connectivity index (χ1) is 6.75. The summed E-state index contributed by atoms with van der Waals surface area (Å²) in [7, 11) is 0. The van der Waals surface area contributed by atoms with Crippen molar-refractivity contribution in [3.8, 4) is 0 Å². The van der Waals surface area contributed by atoms with Crippen LogP contribution in [0.4, 0.5) is 0 Å². The van der Waals surface area contributed by atoms with Crippen LogP contribution in [0.2, 0.25) is 0 Å². The number of carbonyl (C=O) groups excluding carboxylic acids is 1. The standard InChI is InChI=1S/C10H14N2O2/c1-7-5-9(14-12-7)10(13)11-6-8-3-2-4-8/h5,8H,2-4,6H2,1H3,(H,11,13). The first kappa shape index (κ1) is 9.24. The van der Waals surface area contributed by atoms with Crippen molar-refractivity contribution in [2.24, 2.45) is 5.92 Å². The molecule has 1 heterocycles. The van der Waals surface area contributed by atoms with Gasteiger partial charge in [-0.05, 0) is 25.7 Å². The maximum Gasteiger partial charge on any atom is 0.289 e. The average molecular weight is 194 g/mol. The molecule has 1 aliphatic carbocycles. The Hall–Kier alpha value is -1.32. The van der Waals surface area contributed by atoms with E-state index in [1.807, 2.05) is 0 Å².